The van der Waals surface area contributed by atoms with Crippen molar-refractivity contribution in [2.75, 3.05) is 18.0 Å². The van der Waals surface area contributed by atoms with Gasteiger partial charge in [-0.15, -0.1) is 0 Å². The quantitative estimate of drug-likeness (QED) is 0.618. The number of rotatable bonds is 7. The minimum Gasteiger partial charge on any atom is -0.477 e. The topological polar surface area (TPSA) is 95.6 Å². The molecule has 0 spiro atoms. The van der Waals surface area contributed by atoms with Gasteiger partial charge in [-0.25, -0.2) is 18.7 Å². The summed E-state index contributed by atoms with van der Waals surface area (Å²) >= 11 is 0. The van der Waals surface area contributed by atoms with Gasteiger partial charge in [0.2, 0.25) is 0 Å². The first kappa shape index (κ1) is 18.9. The standard InChI is InChI=1S/C21H23FN6O2/c22-13-10-15(17(24-11-13)5-7-23-14-3-4-14)18-2-1-8-27(18)19-6-9-28-20(26-19)16(12-25-28)21(29)30/h6,9-12,14,18,23H,1-5,7-8H2,(H,29,30). The number of hydrogen-bond acceptors (Lipinski definition) is 6. The first-order valence-electron chi connectivity index (χ1n) is 10.3. The normalized spacial score (nSPS) is 19.0. The number of halogens is 1. The summed E-state index contributed by atoms with van der Waals surface area (Å²) in [4.78, 5) is 22.6. The van der Waals surface area contributed by atoms with Crippen LogP contribution in [-0.2, 0) is 6.42 Å². The second kappa shape index (κ2) is 7.64. The van der Waals surface area contributed by atoms with E-state index in [2.05, 4.69) is 25.3 Å². The Morgan fingerprint density at radius 2 is 2.17 bits per heavy atom. The van der Waals surface area contributed by atoms with Crippen molar-refractivity contribution >= 4 is 17.4 Å². The van der Waals surface area contributed by atoms with Gasteiger partial charge in [-0.3, -0.25) is 4.98 Å². The molecule has 9 heteroatoms. The lowest BCUT2D eigenvalue weighted by molar-refractivity contribution is 0.0698. The van der Waals surface area contributed by atoms with Crippen molar-refractivity contribution in [3.05, 3.63) is 53.4 Å². The van der Waals surface area contributed by atoms with Crippen LogP contribution in [0.1, 0.15) is 53.3 Å². The van der Waals surface area contributed by atoms with Gasteiger partial charge in [-0.05, 0) is 43.4 Å². The molecule has 2 fully saturated rings. The van der Waals surface area contributed by atoms with E-state index in [-0.39, 0.29) is 17.4 Å². The van der Waals surface area contributed by atoms with Crippen LogP contribution in [-0.4, -0.2) is 49.8 Å². The number of fused-ring (bicyclic) bond motifs is 1. The number of aromatic carboxylic acids is 1. The largest absolute Gasteiger partial charge is 0.477 e. The third kappa shape index (κ3) is 3.60. The minimum absolute atomic E-state index is 0.0460. The van der Waals surface area contributed by atoms with Gasteiger partial charge in [-0.1, -0.05) is 0 Å². The summed E-state index contributed by atoms with van der Waals surface area (Å²) in [7, 11) is 0. The van der Waals surface area contributed by atoms with Crippen LogP contribution < -0.4 is 10.2 Å². The molecule has 0 aromatic carbocycles. The van der Waals surface area contributed by atoms with Crippen LogP contribution in [0.15, 0.2) is 30.7 Å². The fraction of sp³-hybridized carbons (Fsp3) is 0.429. The van der Waals surface area contributed by atoms with E-state index in [9.17, 15) is 14.3 Å². The van der Waals surface area contributed by atoms with E-state index in [1.807, 2.05) is 6.07 Å². The highest BCUT2D eigenvalue weighted by atomic mass is 19.1. The predicted molar refractivity (Wildman–Crippen MR) is 108 cm³/mol. The highest BCUT2D eigenvalue weighted by Gasteiger charge is 2.30. The summed E-state index contributed by atoms with van der Waals surface area (Å²) in [5, 5.41) is 16.9. The molecule has 1 aliphatic heterocycles. The lowest BCUT2D eigenvalue weighted by atomic mass is 10.0. The number of hydrogen-bond donors (Lipinski definition) is 2. The van der Waals surface area contributed by atoms with Crippen molar-refractivity contribution in [1.29, 1.82) is 0 Å². The number of aromatic nitrogens is 4. The van der Waals surface area contributed by atoms with E-state index in [4.69, 9.17) is 0 Å². The molecule has 1 saturated heterocycles. The van der Waals surface area contributed by atoms with Crippen LogP contribution in [0, 0.1) is 5.82 Å². The van der Waals surface area contributed by atoms with E-state index in [1.54, 1.807) is 12.3 Å². The van der Waals surface area contributed by atoms with E-state index >= 15 is 0 Å². The third-order valence-electron chi connectivity index (χ3n) is 5.83. The number of nitrogens with one attached hydrogen (secondary N) is 1. The lowest BCUT2D eigenvalue weighted by Crippen LogP contribution is -2.26. The number of carboxylic acid groups (broad SMARTS) is 1. The summed E-state index contributed by atoms with van der Waals surface area (Å²) in [6.07, 6.45) is 9.30. The minimum atomic E-state index is -1.06. The third-order valence-corrected chi connectivity index (χ3v) is 5.83. The Kier molecular flexibility index (Phi) is 4.82. The number of anilines is 1. The summed E-state index contributed by atoms with van der Waals surface area (Å²) in [5.41, 5.74) is 2.15. The average Bonchev–Trinajstić information content (AvgIpc) is 3.26. The zero-order valence-corrected chi connectivity index (χ0v) is 16.5. The van der Waals surface area contributed by atoms with Gasteiger partial charge < -0.3 is 15.3 Å². The molecule has 4 heterocycles. The Labute approximate surface area is 172 Å². The molecule has 0 radical (unpaired) electrons. The summed E-state index contributed by atoms with van der Waals surface area (Å²) in [6.45, 7) is 1.59. The molecule has 1 aliphatic carbocycles. The Balaban J connectivity index is 1.46. The Morgan fingerprint density at radius 1 is 1.30 bits per heavy atom. The van der Waals surface area contributed by atoms with Crippen molar-refractivity contribution in [2.24, 2.45) is 0 Å². The fourth-order valence-corrected chi connectivity index (χ4v) is 4.20. The van der Waals surface area contributed by atoms with Gasteiger partial charge >= 0.3 is 5.97 Å². The van der Waals surface area contributed by atoms with Gasteiger partial charge in [0.05, 0.1) is 18.4 Å². The molecule has 0 amide bonds. The molecular formula is C21H23FN6O2. The van der Waals surface area contributed by atoms with Crippen molar-refractivity contribution < 1.29 is 14.3 Å². The smallest absolute Gasteiger partial charge is 0.341 e. The Bertz CT molecular complexity index is 1100. The molecule has 2 N–H and O–H groups in total. The maximum Gasteiger partial charge on any atom is 0.341 e. The first-order valence-corrected chi connectivity index (χ1v) is 10.3. The van der Waals surface area contributed by atoms with Crippen LogP contribution in [0.25, 0.3) is 5.65 Å². The SMILES string of the molecule is O=C(O)c1cnn2ccc(N3CCCC3c3cc(F)cnc3CCNC3CC3)nc12. The zero-order valence-electron chi connectivity index (χ0n) is 16.5. The molecule has 3 aromatic rings. The number of carboxylic acids is 1. The van der Waals surface area contributed by atoms with Crippen molar-refractivity contribution in [1.82, 2.24) is 24.9 Å². The molecule has 3 aromatic heterocycles. The van der Waals surface area contributed by atoms with E-state index in [0.717, 1.165) is 43.6 Å². The van der Waals surface area contributed by atoms with Gasteiger partial charge in [0.15, 0.2) is 5.65 Å². The number of nitrogens with zero attached hydrogens (tertiary/aromatic N) is 5. The van der Waals surface area contributed by atoms with Gasteiger partial charge in [-0.2, -0.15) is 5.10 Å². The molecule has 156 valence electrons. The van der Waals surface area contributed by atoms with Crippen LogP contribution in [0.4, 0.5) is 10.2 Å². The van der Waals surface area contributed by atoms with Gasteiger partial charge in [0.25, 0.3) is 0 Å². The highest BCUT2D eigenvalue weighted by Crippen LogP contribution is 2.37. The van der Waals surface area contributed by atoms with Crippen molar-refractivity contribution in [3.8, 4) is 0 Å². The summed E-state index contributed by atoms with van der Waals surface area (Å²) < 4.78 is 15.6. The maximum atomic E-state index is 14.1. The van der Waals surface area contributed by atoms with Crippen LogP contribution in [0.2, 0.25) is 0 Å². The van der Waals surface area contributed by atoms with Crippen LogP contribution in [0.5, 0.6) is 0 Å². The lowest BCUT2D eigenvalue weighted by Gasteiger charge is -2.27. The second-order valence-electron chi connectivity index (χ2n) is 7.94. The summed E-state index contributed by atoms with van der Waals surface area (Å²) in [6, 6.07) is 3.98. The molecule has 5 rings (SSSR count). The first-order chi connectivity index (χ1) is 14.6. The monoisotopic (exact) mass is 410 g/mol. The van der Waals surface area contributed by atoms with E-state index < -0.39 is 5.97 Å². The van der Waals surface area contributed by atoms with Crippen molar-refractivity contribution in [3.63, 3.8) is 0 Å². The fourth-order valence-electron chi connectivity index (χ4n) is 4.20. The van der Waals surface area contributed by atoms with Crippen LogP contribution >= 0.6 is 0 Å². The van der Waals surface area contributed by atoms with Crippen LogP contribution in [0.3, 0.4) is 0 Å². The molecule has 8 nitrogen and oxygen atoms in total. The molecular weight excluding hydrogens is 387 g/mol. The molecule has 1 saturated carbocycles. The highest BCUT2D eigenvalue weighted by molar-refractivity contribution is 5.94. The number of carbonyl (C=O) groups is 1. The Hall–Kier alpha value is -3.07. The zero-order chi connectivity index (χ0) is 20.7. The van der Waals surface area contributed by atoms with Crippen molar-refractivity contribution in [2.45, 2.75) is 44.2 Å². The molecule has 30 heavy (non-hydrogen) atoms. The average molecular weight is 410 g/mol. The maximum absolute atomic E-state index is 14.1. The molecule has 1 atom stereocenters. The molecule has 1 unspecified atom stereocenters. The van der Waals surface area contributed by atoms with Gasteiger partial charge in [0, 0.05) is 37.4 Å². The van der Waals surface area contributed by atoms with E-state index in [0.29, 0.717) is 17.5 Å². The van der Waals surface area contributed by atoms with E-state index in [1.165, 1.54) is 29.8 Å². The second-order valence-corrected chi connectivity index (χ2v) is 7.94. The Morgan fingerprint density at radius 3 is 2.97 bits per heavy atom. The molecule has 0 bridgehead atoms. The number of pyridine rings is 1. The van der Waals surface area contributed by atoms with Gasteiger partial charge in [0.1, 0.15) is 17.2 Å². The molecule has 2 aliphatic rings. The predicted octanol–water partition coefficient (Wildman–Crippen LogP) is 2.60. The summed E-state index contributed by atoms with van der Waals surface area (Å²) in [5.74, 6) is -0.741.